The first-order chi connectivity index (χ1) is 18.2. The Morgan fingerprint density at radius 1 is 0.973 bits per heavy atom. The molecule has 6 rings (SSSR count). The number of anilines is 1. The first kappa shape index (κ1) is 22.8. The molecule has 3 aromatic carbocycles. The van der Waals surface area contributed by atoms with Crippen molar-refractivity contribution >= 4 is 16.6 Å². The third-order valence-corrected chi connectivity index (χ3v) is 6.89. The minimum Gasteiger partial charge on any atom is -0.493 e. The summed E-state index contributed by atoms with van der Waals surface area (Å²) in [5.74, 6) is 1.74. The van der Waals surface area contributed by atoms with Gasteiger partial charge >= 0.3 is 0 Å². The second-order valence-corrected chi connectivity index (χ2v) is 9.00. The molecule has 1 aliphatic rings. The van der Waals surface area contributed by atoms with E-state index in [9.17, 15) is 4.79 Å². The molecule has 1 aliphatic heterocycles. The largest absolute Gasteiger partial charge is 0.493 e. The predicted molar refractivity (Wildman–Crippen MR) is 140 cm³/mol. The van der Waals surface area contributed by atoms with Crippen molar-refractivity contribution in [1.29, 1.82) is 0 Å². The topological polar surface area (TPSA) is 98.2 Å². The monoisotopic (exact) mass is 494 g/mol. The van der Waals surface area contributed by atoms with Crippen molar-refractivity contribution in [2.24, 2.45) is 0 Å². The van der Waals surface area contributed by atoms with Gasteiger partial charge in [-0.2, -0.15) is 0 Å². The highest BCUT2D eigenvalue weighted by Crippen LogP contribution is 2.38. The third-order valence-electron chi connectivity index (χ3n) is 6.89. The van der Waals surface area contributed by atoms with E-state index in [0.29, 0.717) is 34.9 Å². The van der Waals surface area contributed by atoms with Crippen molar-refractivity contribution in [2.75, 3.05) is 25.7 Å². The number of para-hydroxylation sites is 1. The van der Waals surface area contributed by atoms with Gasteiger partial charge < -0.3 is 19.4 Å². The van der Waals surface area contributed by atoms with Crippen molar-refractivity contribution in [3.05, 3.63) is 106 Å². The highest BCUT2D eigenvalue weighted by molar-refractivity contribution is 5.83. The maximum absolute atomic E-state index is 13.6. The molecule has 0 aliphatic carbocycles. The molecule has 2 aromatic heterocycles. The lowest BCUT2D eigenvalue weighted by Crippen LogP contribution is -2.34. The van der Waals surface area contributed by atoms with Gasteiger partial charge in [0.05, 0.1) is 26.3 Å². The Labute approximate surface area is 213 Å². The van der Waals surface area contributed by atoms with E-state index in [1.54, 1.807) is 25.0 Å². The molecule has 186 valence electrons. The molecule has 0 radical (unpaired) electrons. The molecule has 0 unspecified atom stereocenters. The van der Waals surface area contributed by atoms with Gasteiger partial charge in [0.15, 0.2) is 17.3 Å². The van der Waals surface area contributed by atoms with Gasteiger partial charge in [-0.3, -0.25) is 4.79 Å². The Morgan fingerprint density at radius 3 is 2.54 bits per heavy atom. The van der Waals surface area contributed by atoms with Crippen LogP contribution in [0.2, 0.25) is 0 Å². The molecule has 1 atom stereocenters. The summed E-state index contributed by atoms with van der Waals surface area (Å²) in [7, 11) is 3.17. The lowest BCUT2D eigenvalue weighted by molar-refractivity contribution is 0.356. The highest BCUT2D eigenvalue weighted by Gasteiger charge is 2.34. The first-order valence-electron chi connectivity index (χ1n) is 12.1. The molecule has 0 bridgehead atoms. The van der Waals surface area contributed by atoms with Crippen LogP contribution in [0.15, 0.2) is 77.6 Å². The van der Waals surface area contributed by atoms with Crippen molar-refractivity contribution in [2.45, 2.75) is 19.0 Å². The summed E-state index contributed by atoms with van der Waals surface area (Å²) in [6.07, 6.45) is 0.878. The molecular weight excluding hydrogens is 468 g/mol. The van der Waals surface area contributed by atoms with E-state index < -0.39 is 6.04 Å². The lowest BCUT2D eigenvalue weighted by atomic mass is 10.0. The van der Waals surface area contributed by atoms with Gasteiger partial charge in [-0.15, -0.1) is 5.10 Å². The van der Waals surface area contributed by atoms with Crippen molar-refractivity contribution in [1.82, 2.24) is 25.2 Å². The summed E-state index contributed by atoms with van der Waals surface area (Å²) in [6, 6.07) is 23.4. The fourth-order valence-corrected chi connectivity index (χ4v) is 5.11. The van der Waals surface area contributed by atoms with E-state index in [1.807, 2.05) is 54.6 Å². The number of ether oxygens (including phenoxy) is 2. The summed E-state index contributed by atoms with van der Waals surface area (Å²) in [5.41, 5.74) is 4.40. The highest BCUT2D eigenvalue weighted by atomic mass is 16.5. The molecule has 0 amide bonds. The number of tetrazole rings is 1. The fraction of sp³-hybridized carbons (Fsp3) is 0.214. The summed E-state index contributed by atoms with van der Waals surface area (Å²) in [5, 5.41) is 13.6. The van der Waals surface area contributed by atoms with Gasteiger partial charge in [0.2, 0.25) is 0 Å². The van der Waals surface area contributed by atoms with Crippen molar-refractivity contribution in [3.63, 3.8) is 0 Å². The van der Waals surface area contributed by atoms with Crippen LogP contribution >= 0.6 is 0 Å². The summed E-state index contributed by atoms with van der Waals surface area (Å²) < 4.78 is 12.7. The number of methoxy groups -OCH3 is 2. The molecule has 1 N–H and O–H groups in total. The van der Waals surface area contributed by atoms with Gasteiger partial charge in [0.1, 0.15) is 6.04 Å². The van der Waals surface area contributed by atoms with Gasteiger partial charge in [-0.25, -0.2) is 4.68 Å². The maximum atomic E-state index is 13.6. The molecule has 9 heteroatoms. The quantitative estimate of drug-likeness (QED) is 0.368. The van der Waals surface area contributed by atoms with Crippen LogP contribution < -0.4 is 19.9 Å². The van der Waals surface area contributed by atoms with Crippen LogP contribution in [0.5, 0.6) is 11.5 Å². The van der Waals surface area contributed by atoms with Crippen LogP contribution in [0.25, 0.3) is 10.9 Å². The van der Waals surface area contributed by atoms with E-state index in [0.717, 1.165) is 29.6 Å². The van der Waals surface area contributed by atoms with Crippen molar-refractivity contribution < 1.29 is 9.47 Å². The van der Waals surface area contributed by atoms with E-state index in [1.165, 1.54) is 5.56 Å². The standard InChI is InChI=1S/C28H26N6O3/c1-36-24-15-20-14-21(28(35)29-22(20)16-25(24)37-2)26(33-13-12-19-10-6-7-11-23(19)33)27-30-31-32-34(27)17-18-8-4-3-5-9-18/h3-11,14-16,26H,12-13,17H2,1-2H3,(H,29,35)/t26-/m1/s1. The molecule has 0 fully saturated rings. The zero-order valence-corrected chi connectivity index (χ0v) is 20.6. The molecule has 0 saturated heterocycles. The molecular formula is C28H26N6O3. The Bertz CT molecular complexity index is 1630. The number of nitrogens with one attached hydrogen (secondary N) is 1. The fourth-order valence-electron chi connectivity index (χ4n) is 5.11. The zero-order valence-electron chi connectivity index (χ0n) is 20.6. The number of hydrogen-bond donors (Lipinski definition) is 1. The van der Waals surface area contributed by atoms with Crippen LogP contribution in [0.4, 0.5) is 5.69 Å². The smallest absolute Gasteiger partial charge is 0.254 e. The SMILES string of the molecule is COc1cc2cc([C@H](c3nnnn3Cc3ccccc3)N3CCc4ccccc43)c(=O)[nH]c2cc1OC. The predicted octanol–water partition coefficient (Wildman–Crippen LogP) is 3.73. The van der Waals surface area contributed by atoms with E-state index >= 15 is 0 Å². The summed E-state index contributed by atoms with van der Waals surface area (Å²) in [6.45, 7) is 1.23. The Morgan fingerprint density at radius 2 is 1.73 bits per heavy atom. The van der Waals surface area contributed by atoms with Gasteiger partial charge in [0, 0.05) is 29.2 Å². The number of aromatic nitrogens is 5. The average Bonchev–Trinajstić information content (AvgIpc) is 3.57. The number of pyridine rings is 1. The van der Waals surface area contributed by atoms with Crippen LogP contribution in [0.3, 0.4) is 0 Å². The number of aromatic amines is 1. The molecule has 37 heavy (non-hydrogen) atoms. The normalized spacial score (nSPS) is 13.5. The van der Waals surface area contributed by atoms with Crippen LogP contribution in [0, 0.1) is 0 Å². The van der Waals surface area contributed by atoms with Crippen molar-refractivity contribution in [3.8, 4) is 11.5 Å². The minimum absolute atomic E-state index is 0.205. The number of fused-ring (bicyclic) bond motifs is 2. The Balaban J connectivity index is 1.53. The molecule has 5 aromatic rings. The second kappa shape index (κ2) is 9.42. The molecule has 3 heterocycles. The van der Waals surface area contributed by atoms with Crippen LogP contribution in [-0.2, 0) is 13.0 Å². The number of rotatable bonds is 7. The van der Waals surface area contributed by atoms with Crippen LogP contribution in [-0.4, -0.2) is 46.0 Å². The summed E-state index contributed by atoms with van der Waals surface area (Å²) in [4.78, 5) is 18.9. The zero-order chi connectivity index (χ0) is 25.4. The third kappa shape index (κ3) is 4.08. The lowest BCUT2D eigenvalue weighted by Gasteiger charge is -2.29. The molecule has 0 saturated carbocycles. The first-order valence-corrected chi connectivity index (χ1v) is 12.1. The van der Waals surface area contributed by atoms with Gasteiger partial charge in [-0.05, 0) is 46.2 Å². The van der Waals surface area contributed by atoms with E-state index in [4.69, 9.17) is 9.47 Å². The number of nitrogens with zero attached hydrogens (tertiary/aromatic N) is 5. The van der Waals surface area contributed by atoms with E-state index in [-0.39, 0.29) is 5.56 Å². The minimum atomic E-state index is -0.497. The molecule has 9 nitrogen and oxygen atoms in total. The van der Waals surface area contributed by atoms with Gasteiger partial charge in [0.25, 0.3) is 5.56 Å². The Kier molecular flexibility index (Phi) is 5.80. The number of H-pyrrole nitrogens is 1. The second-order valence-electron chi connectivity index (χ2n) is 9.00. The average molecular weight is 495 g/mol. The molecule has 0 spiro atoms. The van der Waals surface area contributed by atoms with E-state index in [2.05, 4.69) is 37.5 Å². The van der Waals surface area contributed by atoms with Gasteiger partial charge in [-0.1, -0.05) is 48.5 Å². The number of hydrogen-bond acceptors (Lipinski definition) is 7. The van der Waals surface area contributed by atoms with Crippen LogP contribution in [0.1, 0.15) is 28.6 Å². The Hall–Kier alpha value is -4.66. The summed E-state index contributed by atoms with van der Waals surface area (Å²) >= 11 is 0. The number of benzene rings is 3. The maximum Gasteiger partial charge on any atom is 0.254 e.